The second-order valence-corrected chi connectivity index (χ2v) is 5.76. The fourth-order valence-corrected chi connectivity index (χ4v) is 3.08. The van der Waals surface area contributed by atoms with Gasteiger partial charge in [0.25, 0.3) is 0 Å². The number of nitrogens with zero attached hydrogens (tertiary/aromatic N) is 2. The summed E-state index contributed by atoms with van der Waals surface area (Å²) in [7, 11) is 0. The standard InChI is InChI=1S/C17H21N3O/c1-12-11-13(2)20(19-12)10-9-17(21)18-16-8-7-14-5-3-4-6-15(14)16/h3-6,11,16H,7-10H2,1-2H3,(H,18,21)/t16-/m1/s1. The second-order valence-electron chi connectivity index (χ2n) is 5.76. The van der Waals surface area contributed by atoms with Crippen molar-refractivity contribution in [2.45, 2.75) is 45.7 Å². The Balaban J connectivity index is 1.57. The van der Waals surface area contributed by atoms with Gasteiger partial charge in [0.05, 0.1) is 11.7 Å². The zero-order chi connectivity index (χ0) is 14.8. The number of aryl methyl sites for hydroxylation is 4. The van der Waals surface area contributed by atoms with Crippen LogP contribution in [-0.2, 0) is 17.8 Å². The molecule has 0 fully saturated rings. The number of fused-ring (bicyclic) bond motifs is 1. The van der Waals surface area contributed by atoms with Crippen LogP contribution in [-0.4, -0.2) is 15.7 Å². The van der Waals surface area contributed by atoms with Crippen LogP contribution >= 0.6 is 0 Å². The van der Waals surface area contributed by atoms with Gasteiger partial charge in [-0.3, -0.25) is 9.48 Å². The molecule has 0 aliphatic heterocycles. The van der Waals surface area contributed by atoms with Crippen molar-refractivity contribution in [3.8, 4) is 0 Å². The largest absolute Gasteiger partial charge is 0.349 e. The van der Waals surface area contributed by atoms with Gasteiger partial charge < -0.3 is 5.32 Å². The molecular weight excluding hydrogens is 262 g/mol. The summed E-state index contributed by atoms with van der Waals surface area (Å²) in [6.45, 7) is 4.63. The van der Waals surface area contributed by atoms with Crippen LogP contribution in [0.3, 0.4) is 0 Å². The maximum atomic E-state index is 12.1. The van der Waals surface area contributed by atoms with Crippen molar-refractivity contribution in [2.24, 2.45) is 0 Å². The predicted molar refractivity (Wildman–Crippen MR) is 82.0 cm³/mol. The van der Waals surface area contributed by atoms with E-state index in [0.29, 0.717) is 13.0 Å². The van der Waals surface area contributed by atoms with E-state index < -0.39 is 0 Å². The minimum Gasteiger partial charge on any atom is -0.349 e. The Morgan fingerprint density at radius 1 is 1.38 bits per heavy atom. The van der Waals surface area contributed by atoms with E-state index in [1.807, 2.05) is 30.7 Å². The molecule has 0 unspecified atom stereocenters. The van der Waals surface area contributed by atoms with Crippen molar-refractivity contribution in [2.75, 3.05) is 0 Å². The molecule has 0 saturated heterocycles. The number of aromatic nitrogens is 2. The van der Waals surface area contributed by atoms with Crippen molar-refractivity contribution < 1.29 is 4.79 Å². The number of carbonyl (C=O) groups is 1. The zero-order valence-electron chi connectivity index (χ0n) is 12.6. The molecule has 1 aliphatic carbocycles. The van der Waals surface area contributed by atoms with Crippen molar-refractivity contribution >= 4 is 5.91 Å². The molecule has 1 aromatic carbocycles. The van der Waals surface area contributed by atoms with Crippen LogP contribution in [0, 0.1) is 13.8 Å². The first kappa shape index (κ1) is 13.9. The van der Waals surface area contributed by atoms with Gasteiger partial charge in [-0.2, -0.15) is 5.10 Å². The van der Waals surface area contributed by atoms with Gasteiger partial charge in [0.1, 0.15) is 0 Å². The molecule has 3 rings (SSSR count). The average molecular weight is 283 g/mol. The SMILES string of the molecule is Cc1cc(C)n(CCC(=O)N[C@@H]2CCc3ccccc32)n1. The van der Waals surface area contributed by atoms with E-state index in [2.05, 4.69) is 28.6 Å². The third-order valence-electron chi connectivity index (χ3n) is 4.12. The van der Waals surface area contributed by atoms with Crippen LogP contribution in [0.25, 0.3) is 0 Å². The Bertz CT molecular complexity index is 660. The highest BCUT2D eigenvalue weighted by Gasteiger charge is 2.23. The van der Waals surface area contributed by atoms with Crippen LogP contribution in [0.2, 0.25) is 0 Å². The highest BCUT2D eigenvalue weighted by molar-refractivity contribution is 5.76. The van der Waals surface area contributed by atoms with E-state index in [1.54, 1.807) is 0 Å². The molecule has 1 N–H and O–H groups in total. The zero-order valence-corrected chi connectivity index (χ0v) is 12.6. The van der Waals surface area contributed by atoms with E-state index in [1.165, 1.54) is 11.1 Å². The highest BCUT2D eigenvalue weighted by atomic mass is 16.1. The first-order chi connectivity index (χ1) is 10.1. The average Bonchev–Trinajstić information content (AvgIpc) is 3.00. The maximum Gasteiger partial charge on any atom is 0.222 e. The van der Waals surface area contributed by atoms with Gasteiger partial charge in [-0.05, 0) is 43.9 Å². The van der Waals surface area contributed by atoms with E-state index in [0.717, 1.165) is 24.2 Å². The number of rotatable bonds is 4. The molecule has 0 saturated carbocycles. The van der Waals surface area contributed by atoms with Crippen LogP contribution in [0.15, 0.2) is 30.3 Å². The van der Waals surface area contributed by atoms with Gasteiger partial charge in [-0.1, -0.05) is 24.3 Å². The Morgan fingerprint density at radius 3 is 2.95 bits per heavy atom. The normalized spacial score (nSPS) is 16.8. The summed E-state index contributed by atoms with van der Waals surface area (Å²) in [5.74, 6) is 0.101. The molecule has 1 aromatic heterocycles. The Labute approximate surface area is 125 Å². The number of benzene rings is 1. The number of hydrogen-bond acceptors (Lipinski definition) is 2. The summed E-state index contributed by atoms with van der Waals surface area (Å²) in [6.07, 6.45) is 2.53. The van der Waals surface area contributed by atoms with Gasteiger partial charge in [-0.25, -0.2) is 0 Å². The third kappa shape index (κ3) is 2.99. The molecule has 21 heavy (non-hydrogen) atoms. The fraction of sp³-hybridized carbons (Fsp3) is 0.412. The summed E-state index contributed by atoms with van der Waals surface area (Å²) < 4.78 is 1.90. The smallest absolute Gasteiger partial charge is 0.222 e. The van der Waals surface area contributed by atoms with E-state index >= 15 is 0 Å². The molecule has 110 valence electrons. The molecular formula is C17H21N3O. The lowest BCUT2D eigenvalue weighted by molar-refractivity contribution is -0.122. The van der Waals surface area contributed by atoms with Crippen LogP contribution in [0.1, 0.15) is 41.4 Å². The number of amides is 1. The first-order valence-corrected chi connectivity index (χ1v) is 7.51. The van der Waals surface area contributed by atoms with E-state index in [9.17, 15) is 4.79 Å². The number of nitrogens with one attached hydrogen (secondary N) is 1. The lowest BCUT2D eigenvalue weighted by atomic mass is 10.1. The first-order valence-electron chi connectivity index (χ1n) is 7.51. The summed E-state index contributed by atoms with van der Waals surface area (Å²) >= 11 is 0. The fourth-order valence-electron chi connectivity index (χ4n) is 3.08. The monoisotopic (exact) mass is 283 g/mol. The van der Waals surface area contributed by atoms with E-state index in [4.69, 9.17) is 0 Å². The molecule has 0 bridgehead atoms. The molecule has 0 radical (unpaired) electrons. The van der Waals surface area contributed by atoms with Crippen LogP contribution in [0.5, 0.6) is 0 Å². The minimum absolute atomic E-state index is 0.101. The quantitative estimate of drug-likeness (QED) is 0.937. The van der Waals surface area contributed by atoms with E-state index in [-0.39, 0.29) is 11.9 Å². The lowest BCUT2D eigenvalue weighted by Gasteiger charge is -2.14. The topological polar surface area (TPSA) is 46.9 Å². The Hall–Kier alpha value is -2.10. The molecule has 2 aromatic rings. The molecule has 1 aliphatic rings. The lowest BCUT2D eigenvalue weighted by Crippen LogP contribution is -2.28. The molecule has 1 heterocycles. The van der Waals surface area contributed by atoms with Crippen molar-refractivity contribution in [1.29, 1.82) is 0 Å². The summed E-state index contributed by atoms with van der Waals surface area (Å²) in [5, 5.41) is 7.54. The van der Waals surface area contributed by atoms with Crippen molar-refractivity contribution in [3.63, 3.8) is 0 Å². The minimum atomic E-state index is 0.101. The van der Waals surface area contributed by atoms with Gasteiger partial charge in [-0.15, -0.1) is 0 Å². The van der Waals surface area contributed by atoms with Gasteiger partial charge >= 0.3 is 0 Å². The molecule has 1 amide bonds. The van der Waals surface area contributed by atoms with Gasteiger partial charge in [0.15, 0.2) is 0 Å². The van der Waals surface area contributed by atoms with Gasteiger partial charge in [0.2, 0.25) is 5.91 Å². The molecule has 4 nitrogen and oxygen atoms in total. The third-order valence-corrected chi connectivity index (χ3v) is 4.12. The van der Waals surface area contributed by atoms with Crippen LogP contribution < -0.4 is 5.32 Å². The Morgan fingerprint density at radius 2 is 2.19 bits per heavy atom. The maximum absolute atomic E-state index is 12.1. The van der Waals surface area contributed by atoms with Crippen molar-refractivity contribution in [3.05, 3.63) is 52.8 Å². The summed E-state index contributed by atoms with van der Waals surface area (Å²) in [4.78, 5) is 12.1. The van der Waals surface area contributed by atoms with Crippen LogP contribution in [0.4, 0.5) is 0 Å². The highest BCUT2D eigenvalue weighted by Crippen LogP contribution is 2.30. The second kappa shape index (κ2) is 5.72. The summed E-state index contributed by atoms with van der Waals surface area (Å²) in [6, 6.07) is 10.6. The molecule has 4 heteroatoms. The summed E-state index contributed by atoms with van der Waals surface area (Å²) in [5.41, 5.74) is 4.74. The predicted octanol–water partition coefficient (Wildman–Crippen LogP) is 2.69. The van der Waals surface area contributed by atoms with Crippen molar-refractivity contribution in [1.82, 2.24) is 15.1 Å². The Kier molecular flexibility index (Phi) is 3.78. The van der Waals surface area contributed by atoms with Gasteiger partial charge in [0, 0.05) is 18.7 Å². The number of hydrogen-bond donors (Lipinski definition) is 1. The number of carbonyl (C=O) groups excluding carboxylic acids is 1. The molecule has 1 atom stereocenters. The molecule has 0 spiro atoms.